The smallest absolute Gasteiger partial charge is 0.288 e. The van der Waals surface area contributed by atoms with Crippen LogP contribution in [-0.4, -0.2) is 4.92 Å². The summed E-state index contributed by atoms with van der Waals surface area (Å²) in [6.45, 7) is 2.00. The van der Waals surface area contributed by atoms with E-state index in [9.17, 15) is 10.1 Å². The summed E-state index contributed by atoms with van der Waals surface area (Å²) in [5.41, 5.74) is 2.00. The molecule has 0 heterocycles. The number of hydrogen-bond donors (Lipinski definition) is 0. The van der Waals surface area contributed by atoms with Gasteiger partial charge >= 0.3 is 0 Å². The third kappa shape index (κ3) is 3.29. The molecule has 2 rings (SSSR count). The summed E-state index contributed by atoms with van der Waals surface area (Å²) >= 11 is 9.26. The van der Waals surface area contributed by atoms with Crippen molar-refractivity contribution < 1.29 is 9.66 Å². The summed E-state index contributed by atoms with van der Waals surface area (Å²) in [6.07, 6.45) is 0. The van der Waals surface area contributed by atoms with Gasteiger partial charge in [0.2, 0.25) is 0 Å². The molecule has 0 aromatic heterocycles. The Hall–Kier alpha value is -1.59. The SMILES string of the molecule is Cc1ccc(Oc2ccc([N+](=O)[O-])c(Cl)c2)c(CBr)c1. The van der Waals surface area contributed by atoms with Gasteiger partial charge in [0, 0.05) is 23.0 Å². The van der Waals surface area contributed by atoms with E-state index in [1.165, 1.54) is 18.2 Å². The van der Waals surface area contributed by atoms with Gasteiger partial charge in [-0.1, -0.05) is 45.2 Å². The maximum atomic E-state index is 10.7. The van der Waals surface area contributed by atoms with Crippen molar-refractivity contribution in [2.75, 3.05) is 0 Å². The Kier molecular flexibility index (Phi) is 4.62. The molecule has 0 saturated heterocycles. The molecule has 0 atom stereocenters. The van der Waals surface area contributed by atoms with Gasteiger partial charge in [-0.2, -0.15) is 0 Å². The van der Waals surface area contributed by atoms with Crippen LogP contribution >= 0.6 is 27.5 Å². The molecule has 0 bridgehead atoms. The molecule has 2 aromatic rings. The molecule has 20 heavy (non-hydrogen) atoms. The average molecular weight is 357 g/mol. The predicted molar refractivity (Wildman–Crippen MR) is 82.0 cm³/mol. The van der Waals surface area contributed by atoms with Crippen molar-refractivity contribution in [2.24, 2.45) is 0 Å². The largest absolute Gasteiger partial charge is 0.457 e. The lowest BCUT2D eigenvalue weighted by molar-refractivity contribution is -0.384. The van der Waals surface area contributed by atoms with Crippen molar-refractivity contribution in [3.05, 3.63) is 62.7 Å². The van der Waals surface area contributed by atoms with Crippen LogP contribution < -0.4 is 4.74 Å². The number of benzene rings is 2. The Labute approximate surface area is 129 Å². The van der Waals surface area contributed by atoms with Gasteiger partial charge in [0.25, 0.3) is 5.69 Å². The van der Waals surface area contributed by atoms with Crippen LogP contribution in [0.2, 0.25) is 5.02 Å². The quantitative estimate of drug-likeness (QED) is 0.427. The van der Waals surface area contributed by atoms with E-state index in [1.807, 2.05) is 25.1 Å². The van der Waals surface area contributed by atoms with Gasteiger partial charge in [0.15, 0.2) is 0 Å². The van der Waals surface area contributed by atoms with E-state index in [4.69, 9.17) is 16.3 Å². The van der Waals surface area contributed by atoms with Crippen molar-refractivity contribution >= 4 is 33.2 Å². The van der Waals surface area contributed by atoms with Crippen molar-refractivity contribution in [2.45, 2.75) is 12.3 Å². The molecule has 6 heteroatoms. The topological polar surface area (TPSA) is 52.4 Å². The van der Waals surface area contributed by atoms with Crippen LogP contribution in [0, 0.1) is 17.0 Å². The van der Waals surface area contributed by atoms with E-state index >= 15 is 0 Å². The first-order chi connectivity index (χ1) is 9.51. The Bertz CT molecular complexity index is 661. The van der Waals surface area contributed by atoms with Crippen molar-refractivity contribution in [1.29, 1.82) is 0 Å². The highest BCUT2D eigenvalue weighted by Gasteiger charge is 2.13. The minimum Gasteiger partial charge on any atom is -0.457 e. The second-order valence-electron chi connectivity index (χ2n) is 4.22. The lowest BCUT2D eigenvalue weighted by Crippen LogP contribution is -1.92. The molecule has 0 unspecified atom stereocenters. The molecule has 0 spiro atoms. The molecule has 0 fully saturated rings. The van der Waals surface area contributed by atoms with Crippen molar-refractivity contribution in [1.82, 2.24) is 0 Å². The number of nitro benzene ring substituents is 1. The molecule has 0 aliphatic rings. The summed E-state index contributed by atoms with van der Waals surface area (Å²) < 4.78 is 5.73. The highest BCUT2D eigenvalue weighted by molar-refractivity contribution is 9.08. The van der Waals surface area contributed by atoms with E-state index in [0.29, 0.717) is 16.8 Å². The van der Waals surface area contributed by atoms with E-state index in [1.54, 1.807) is 0 Å². The highest BCUT2D eigenvalue weighted by Crippen LogP contribution is 2.33. The first-order valence-corrected chi connectivity index (χ1v) is 7.28. The second kappa shape index (κ2) is 6.24. The second-order valence-corrected chi connectivity index (χ2v) is 5.19. The predicted octanol–water partition coefficient (Wildman–Crippen LogP) is 5.24. The zero-order chi connectivity index (χ0) is 14.7. The molecule has 0 amide bonds. The van der Waals surface area contributed by atoms with E-state index in [2.05, 4.69) is 15.9 Å². The summed E-state index contributed by atoms with van der Waals surface area (Å²) in [6, 6.07) is 10.1. The zero-order valence-electron chi connectivity index (χ0n) is 10.6. The fourth-order valence-electron chi connectivity index (χ4n) is 1.74. The van der Waals surface area contributed by atoms with Gasteiger partial charge in [-0.15, -0.1) is 0 Å². The summed E-state index contributed by atoms with van der Waals surface area (Å²) in [5.74, 6) is 1.16. The Morgan fingerprint density at radius 1 is 1.30 bits per heavy atom. The lowest BCUT2D eigenvalue weighted by atomic mass is 10.1. The van der Waals surface area contributed by atoms with E-state index in [-0.39, 0.29) is 10.7 Å². The molecule has 2 aromatic carbocycles. The van der Waals surface area contributed by atoms with Crippen LogP contribution in [0.15, 0.2) is 36.4 Å². The molecule has 0 aliphatic carbocycles. The lowest BCUT2D eigenvalue weighted by Gasteiger charge is -2.10. The molecule has 4 nitrogen and oxygen atoms in total. The highest BCUT2D eigenvalue weighted by atomic mass is 79.9. The van der Waals surface area contributed by atoms with Gasteiger partial charge in [-0.05, 0) is 19.1 Å². The molecule has 0 radical (unpaired) electrons. The van der Waals surface area contributed by atoms with Crippen LogP contribution in [0.25, 0.3) is 0 Å². The monoisotopic (exact) mass is 355 g/mol. The maximum absolute atomic E-state index is 10.7. The molecule has 0 N–H and O–H groups in total. The zero-order valence-corrected chi connectivity index (χ0v) is 12.9. The minimum absolute atomic E-state index is 0.0556. The molecule has 104 valence electrons. The fraction of sp³-hybridized carbons (Fsp3) is 0.143. The molecule has 0 aliphatic heterocycles. The van der Waals surface area contributed by atoms with E-state index in [0.717, 1.165) is 11.1 Å². The summed E-state index contributed by atoms with van der Waals surface area (Å²) in [4.78, 5) is 10.2. The molecular weight excluding hydrogens is 346 g/mol. The Morgan fingerprint density at radius 2 is 2.05 bits per heavy atom. The first-order valence-electron chi connectivity index (χ1n) is 5.78. The van der Waals surface area contributed by atoms with Crippen LogP contribution in [-0.2, 0) is 5.33 Å². The van der Waals surface area contributed by atoms with Crippen molar-refractivity contribution in [3.63, 3.8) is 0 Å². The number of alkyl halides is 1. The standard InChI is InChI=1S/C14H11BrClNO3/c1-9-2-5-14(10(6-9)8-15)20-11-3-4-13(17(18)19)12(16)7-11/h2-7H,8H2,1H3. The number of rotatable bonds is 4. The first kappa shape index (κ1) is 14.8. The minimum atomic E-state index is -0.526. The maximum Gasteiger partial charge on any atom is 0.288 e. The third-order valence-corrected chi connectivity index (χ3v) is 3.61. The van der Waals surface area contributed by atoms with Crippen LogP contribution in [0.5, 0.6) is 11.5 Å². The van der Waals surface area contributed by atoms with Gasteiger partial charge in [0.1, 0.15) is 16.5 Å². The summed E-state index contributed by atoms with van der Waals surface area (Å²) in [7, 11) is 0. The Balaban J connectivity index is 2.31. The van der Waals surface area contributed by atoms with Crippen molar-refractivity contribution in [3.8, 4) is 11.5 Å². The molecule has 0 saturated carbocycles. The van der Waals surface area contributed by atoms with Gasteiger partial charge in [0.05, 0.1) is 4.92 Å². The van der Waals surface area contributed by atoms with Crippen LogP contribution in [0.3, 0.4) is 0 Å². The fourth-order valence-corrected chi connectivity index (χ4v) is 2.42. The number of halogens is 2. The van der Waals surface area contributed by atoms with Gasteiger partial charge in [-0.25, -0.2) is 0 Å². The number of ether oxygens (including phenoxy) is 1. The number of nitrogens with zero attached hydrogens (tertiary/aromatic N) is 1. The van der Waals surface area contributed by atoms with Gasteiger partial charge < -0.3 is 4.74 Å². The normalized spacial score (nSPS) is 10.3. The number of nitro groups is 1. The van der Waals surface area contributed by atoms with Gasteiger partial charge in [-0.3, -0.25) is 10.1 Å². The average Bonchev–Trinajstić information content (AvgIpc) is 2.40. The van der Waals surface area contributed by atoms with Crippen LogP contribution in [0.1, 0.15) is 11.1 Å². The molecular formula is C14H11BrClNO3. The third-order valence-electron chi connectivity index (χ3n) is 2.70. The Morgan fingerprint density at radius 3 is 2.65 bits per heavy atom. The van der Waals surface area contributed by atoms with Crippen LogP contribution in [0.4, 0.5) is 5.69 Å². The number of hydrogen-bond acceptors (Lipinski definition) is 3. The number of aryl methyl sites for hydroxylation is 1. The summed E-state index contributed by atoms with van der Waals surface area (Å²) in [5, 5.41) is 11.4. The van der Waals surface area contributed by atoms with E-state index < -0.39 is 4.92 Å².